The molecule has 0 amide bonds. The highest BCUT2D eigenvalue weighted by molar-refractivity contribution is 9.10. The van der Waals surface area contributed by atoms with Gasteiger partial charge in [0.25, 0.3) is 11.2 Å². The number of benzene rings is 1. The van der Waals surface area contributed by atoms with E-state index in [0.717, 1.165) is 0 Å². The van der Waals surface area contributed by atoms with Crippen LogP contribution in [0.5, 0.6) is 0 Å². The maximum Gasteiger partial charge on any atom is 0.430 e. The Morgan fingerprint density at radius 1 is 0.519 bits per heavy atom. The van der Waals surface area contributed by atoms with Crippen molar-refractivity contribution in [2.45, 2.75) is 35.9 Å². The van der Waals surface area contributed by atoms with E-state index in [1.165, 1.54) is 0 Å². The zero-order chi connectivity index (χ0) is 21.9. The van der Waals surface area contributed by atoms with Gasteiger partial charge in [-0.25, -0.2) is 0 Å². The lowest BCUT2D eigenvalue weighted by Crippen LogP contribution is -2.55. The lowest BCUT2D eigenvalue weighted by atomic mass is 9.85. The first-order valence-electron chi connectivity index (χ1n) is 6.14. The van der Waals surface area contributed by atoms with Crippen molar-refractivity contribution in [3.63, 3.8) is 0 Å². The van der Waals surface area contributed by atoms with Crippen molar-refractivity contribution >= 4 is 15.9 Å². The molecule has 0 atom stereocenters. The molecule has 1 aromatic rings. The minimum Gasteiger partial charge on any atom is -0.369 e. The van der Waals surface area contributed by atoms with Gasteiger partial charge in [0.1, 0.15) is 0 Å². The van der Waals surface area contributed by atoms with Crippen LogP contribution in [0.1, 0.15) is 11.1 Å². The molecule has 0 bridgehead atoms. The molecule has 0 aliphatic rings. The summed E-state index contributed by atoms with van der Waals surface area (Å²) in [5.41, 5.74) is -16.5. The molecule has 0 aliphatic carbocycles. The average molecular weight is 489 g/mol. The average Bonchev–Trinajstić information content (AvgIpc) is 2.39. The summed E-state index contributed by atoms with van der Waals surface area (Å²) in [5.74, 6) is 0. The molecule has 0 aromatic heterocycles. The maximum atomic E-state index is 12.8. The lowest BCUT2D eigenvalue weighted by molar-refractivity contribution is -0.378. The van der Waals surface area contributed by atoms with Crippen LogP contribution >= 0.6 is 15.9 Å². The van der Waals surface area contributed by atoms with Gasteiger partial charge in [0.15, 0.2) is 0 Å². The molecule has 0 radical (unpaired) electrons. The summed E-state index contributed by atoms with van der Waals surface area (Å²) in [6.07, 6.45) is -26.3. The van der Waals surface area contributed by atoms with E-state index in [2.05, 4.69) is 15.9 Å². The van der Waals surface area contributed by atoms with E-state index >= 15 is 0 Å². The summed E-state index contributed by atoms with van der Waals surface area (Å²) in [4.78, 5) is 0. The van der Waals surface area contributed by atoms with Gasteiger partial charge in [-0.1, -0.05) is 15.9 Å². The van der Waals surface area contributed by atoms with Crippen LogP contribution in [-0.4, -0.2) is 34.9 Å². The van der Waals surface area contributed by atoms with Crippen molar-refractivity contribution in [3.8, 4) is 0 Å². The number of aliphatic hydroxyl groups is 2. The Labute approximate surface area is 149 Å². The Bertz CT molecular complexity index is 616. The smallest absolute Gasteiger partial charge is 0.369 e. The van der Waals surface area contributed by atoms with Gasteiger partial charge in [-0.2, -0.15) is 52.7 Å². The largest absolute Gasteiger partial charge is 0.430 e. The van der Waals surface area contributed by atoms with Crippen LogP contribution in [0.15, 0.2) is 22.7 Å². The molecule has 1 rings (SSSR count). The third-order valence-electron chi connectivity index (χ3n) is 3.37. The number of rotatable bonds is 2. The summed E-state index contributed by atoms with van der Waals surface area (Å²) in [7, 11) is 0. The maximum absolute atomic E-state index is 12.8. The summed E-state index contributed by atoms with van der Waals surface area (Å²) in [6, 6.07) is -1.23. The zero-order valence-corrected chi connectivity index (χ0v) is 13.6. The molecule has 0 spiro atoms. The normalized spacial score (nSPS) is 15.2. The number of alkyl halides is 12. The number of hydrogen-bond acceptors (Lipinski definition) is 2. The number of hydrogen-bond donors (Lipinski definition) is 2. The fourth-order valence-electron chi connectivity index (χ4n) is 1.98. The monoisotopic (exact) mass is 488 g/mol. The van der Waals surface area contributed by atoms with Crippen LogP contribution in [-0.2, 0) is 11.2 Å². The van der Waals surface area contributed by atoms with E-state index in [4.69, 9.17) is 10.2 Å². The summed E-state index contributed by atoms with van der Waals surface area (Å²) < 4.78 is 153. The van der Waals surface area contributed by atoms with Gasteiger partial charge < -0.3 is 10.2 Å². The summed E-state index contributed by atoms with van der Waals surface area (Å²) in [5, 5.41) is 18.3. The molecular formula is C12H5BrF12O2. The third kappa shape index (κ3) is 3.72. The van der Waals surface area contributed by atoms with Gasteiger partial charge in [-0.3, -0.25) is 0 Å². The first kappa shape index (κ1) is 23.8. The first-order valence-corrected chi connectivity index (χ1v) is 6.93. The molecular weight excluding hydrogens is 484 g/mol. The Kier molecular flexibility index (Phi) is 5.65. The van der Waals surface area contributed by atoms with Gasteiger partial charge in [0.05, 0.1) is 0 Å². The van der Waals surface area contributed by atoms with Gasteiger partial charge in [0.2, 0.25) is 0 Å². The summed E-state index contributed by atoms with van der Waals surface area (Å²) >= 11 is 2.17. The van der Waals surface area contributed by atoms with E-state index in [9.17, 15) is 52.7 Å². The second-order valence-corrected chi connectivity index (χ2v) is 6.06. The fourth-order valence-corrected chi connectivity index (χ4v) is 2.48. The molecule has 2 N–H and O–H groups in total. The van der Waals surface area contributed by atoms with Gasteiger partial charge in [-0.05, 0) is 18.2 Å². The van der Waals surface area contributed by atoms with Crippen LogP contribution in [0, 0.1) is 0 Å². The molecule has 0 aliphatic heterocycles. The van der Waals surface area contributed by atoms with Crippen molar-refractivity contribution in [1.82, 2.24) is 0 Å². The third-order valence-corrected chi connectivity index (χ3v) is 3.83. The minimum atomic E-state index is -6.57. The highest BCUT2D eigenvalue weighted by Gasteiger charge is 2.74. The molecule has 27 heavy (non-hydrogen) atoms. The fraction of sp³-hybridized carbons (Fsp3) is 0.500. The van der Waals surface area contributed by atoms with Crippen molar-refractivity contribution in [3.05, 3.63) is 33.8 Å². The van der Waals surface area contributed by atoms with Gasteiger partial charge >= 0.3 is 24.7 Å². The zero-order valence-electron chi connectivity index (χ0n) is 12.0. The molecule has 0 saturated carbocycles. The van der Waals surface area contributed by atoms with Crippen LogP contribution in [0.2, 0.25) is 0 Å². The van der Waals surface area contributed by atoms with E-state index in [0.29, 0.717) is 0 Å². The van der Waals surface area contributed by atoms with Gasteiger partial charge in [0, 0.05) is 15.6 Å². The van der Waals surface area contributed by atoms with Crippen LogP contribution < -0.4 is 0 Å². The lowest BCUT2D eigenvalue weighted by Gasteiger charge is -2.36. The topological polar surface area (TPSA) is 40.5 Å². The standard InChI is InChI=1S/C12H5BrF12O2/c13-6-2-4(7(26,9(14,15)16)10(17,18)19)1-5(3-6)8(27,11(20,21)22)12(23,24)25/h1-3,26-27H. The molecule has 0 saturated heterocycles. The molecule has 0 fully saturated rings. The Morgan fingerprint density at radius 2 is 0.741 bits per heavy atom. The Hall–Kier alpha value is -1.22. The second kappa shape index (κ2) is 6.40. The van der Waals surface area contributed by atoms with Crippen molar-refractivity contribution in [1.29, 1.82) is 0 Å². The molecule has 156 valence electrons. The number of halogens is 13. The molecule has 15 heteroatoms. The van der Waals surface area contributed by atoms with E-state index in [1.807, 2.05) is 0 Å². The van der Waals surface area contributed by atoms with E-state index < -0.39 is 57.6 Å². The van der Waals surface area contributed by atoms with Crippen LogP contribution in [0.4, 0.5) is 52.7 Å². The first-order chi connectivity index (χ1) is 11.6. The highest BCUT2D eigenvalue weighted by atomic mass is 79.9. The van der Waals surface area contributed by atoms with E-state index in [-0.39, 0.29) is 12.1 Å². The van der Waals surface area contributed by atoms with Crippen LogP contribution in [0.3, 0.4) is 0 Å². The van der Waals surface area contributed by atoms with Gasteiger partial charge in [-0.15, -0.1) is 0 Å². The van der Waals surface area contributed by atoms with Crippen LogP contribution in [0.25, 0.3) is 0 Å². The Morgan fingerprint density at radius 3 is 0.926 bits per heavy atom. The molecule has 0 unspecified atom stereocenters. The molecule has 0 heterocycles. The van der Waals surface area contributed by atoms with Crippen molar-refractivity contribution in [2.24, 2.45) is 0 Å². The summed E-state index contributed by atoms with van der Waals surface area (Å²) in [6.45, 7) is 0. The minimum absolute atomic E-state index is 0.183. The second-order valence-electron chi connectivity index (χ2n) is 5.14. The van der Waals surface area contributed by atoms with Crippen molar-refractivity contribution < 1.29 is 62.9 Å². The highest BCUT2D eigenvalue weighted by Crippen LogP contribution is 2.54. The van der Waals surface area contributed by atoms with E-state index in [1.54, 1.807) is 0 Å². The predicted molar refractivity (Wildman–Crippen MR) is 66.2 cm³/mol. The molecule has 2 nitrogen and oxygen atoms in total. The Balaban J connectivity index is 3.94. The SMILES string of the molecule is OC(c1cc(Br)cc(C(O)(C(F)(F)F)C(F)(F)F)c1)(C(F)(F)F)C(F)(F)F. The quantitative estimate of drug-likeness (QED) is 0.570. The molecule has 1 aromatic carbocycles. The van der Waals surface area contributed by atoms with Crippen molar-refractivity contribution in [2.75, 3.05) is 0 Å². The predicted octanol–water partition coefficient (Wildman–Crippen LogP) is 5.07.